The Morgan fingerprint density at radius 2 is 1.85 bits per heavy atom. The normalized spacial score (nSPS) is 20.1. The number of thiocarbonyl (C=S) groups is 1. The van der Waals surface area contributed by atoms with E-state index >= 15 is 0 Å². The van der Waals surface area contributed by atoms with Crippen molar-refractivity contribution in [2.24, 2.45) is 0 Å². The van der Waals surface area contributed by atoms with Gasteiger partial charge in [-0.3, -0.25) is 9.69 Å². The van der Waals surface area contributed by atoms with Crippen molar-refractivity contribution in [3.8, 4) is 5.75 Å². The molecule has 1 aromatic rings. The lowest BCUT2D eigenvalue weighted by molar-refractivity contribution is -0.122. The number of likely N-dealkylation sites (N-methyl/N-ethyl adjacent to an activating group) is 1. The molecule has 0 unspecified atom stereocenters. The SMILES string of the molecule is CCN1C(=O)\C(=C/C(C)=C/C=C2\Oc3cc(C)c(C)cc3N2CC)SC1=S. The molecule has 2 aliphatic rings. The minimum absolute atomic E-state index is 0.0152. The summed E-state index contributed by atoms with van der Waals surface area (Å²) < 4.78 is 6.68. The number of anilines is 1. The lowest BCUT2D eigenvalue weighted by Gasteiger charge is -2.15. The number of carbonyl (C=O) groups excluding carboxylic acids is 1. The maximum atomic E-state index is 12.3. The molecule has 0 aromatic heterocycles. The fraction of sp³-hybridized carbons (Fsp3) is 0.333. The smallest absolute Gasteiger partial charge is 0.266 e. The minimum atomic E-state index is -0.0152. The van der Waals surface area contributed by atoms with Crippen LogP contribution in [0.3, 0.4) is 0 Å². The van der Waals surface area contributed by atoms with Crippen LogP contribution in [0.4, 0.5) is 5.69 Å². The highest BCUT2D eigenvalue weighted by atomic mass is 32.2. The van der Waals surface area contributed by atoms with E-state index in [1.165, 1.54) is 22.9 Å². The first-order valence-corrected chi connectivity index (χ1v) is 10.3. The number of benzene rings is 1. The van der Waals surface area contributed by atoms with E-state index in [0.29, 0.717) is 15.8 Å². The van der Waals surface area contributed by atoms with Gasteiger partial charge in [0.25, 0.3) is 5.91 Å². The number of fused-ring (bicyclic) bond motifs is 1. The van der Waals surface area contributed by atoms with Gasteiger partial charge in [0.1, 0.15) is 4.32 Å². The zero-order valence-corrected chi connectivity index (χ0v) is 18.0. The summed E-state index contributed by atoms with van der Waals surface area (Å²) in [5.41, 5.74) is 4.54. The Bertz CT molecular complexity index is 900. The van der Waals surface area contributed by atoms with Crippen LogP contribution in [0.25, 0.3) is 0 Å². The molecule has 0 saturated carbocycles. The number of hydrogen-bond donors (Lipinski definition) is 0. The molecule has 3 rings (SSSR count). The Balaban J connectivity index is 1.84. The summed E-state index contributed by atoms with van der Waals surface area (Å²) in [5, 5.41) is 0. The Kier molecular flexibility index (Phi) is 5.77. The summed E-state index contributed by atoms with van der Waals surface area (Å²) in [6.45, 7) is 11.6. The molecule has 27 heavy (non-hydrogen) atoms. The third-order valence-corrected chi connectivity index (χ3v) is 6.08. The van der Waals surface area contributed by atoms with Crippen molar-refractivity contribution in [2.45, 2.75) is 34.6 Å². The number of aryl methyl sites for hydroxylation is 2. The molecule has 0 N–H and O–H groups in total. The quantitative estimate of drug-likeness (QED) is 0.520. The zero-order valence-electron chi connectivity index (χ0n) is 16.3. The van der Waals surface area contributed by atoms with E-state index in [2.05, 4.69) is 37.8 Å². The fourth-order valence-corrected chi connectivity index (χ4v) is 4.47. The first-order chi connectivity index (χ1) is 12.8. The molecule has 142 valence electrons. The fourth-order valence-electron chi connectivity index (χ4n) is 3.03. The number of thioether (sulfide) groups is 1. The van der Waals surface area contributed by atoms with Gasteiger partial charge in [-0.25, -0.2) is 0 Å². The highest BCUT2D eigenvalue weighted by molar-refractivity contribution is 8.26. The number of allylic oxidation sites excluding steroid dienone is 4. The second-order valence-corrected chi connectivity index (χ2v) is 8.27. The number of amides is 1. The number of nitrogens with zero attached hydrogens (tertiary/aromatic N) is 2. The number of carbonyl (C=O) groups is 1. The Morgan fingerprint density at radius 3 is 2.48 bits per heavy atom. The molecule has 6 heteroatoms. The largest absolute Gasteiger partial charge is 0.439 e. The molecular formula is C21H24N2O2S2. The molecule has 2 heterocycles. The summed E-state index contributed by atoms with van der Waals surface area (Å²) in [7, 11) is 0. The van der Waals surface area contributed by atoms with Crippen molar-refractivity contribution in [1.82, 2.24) is 4.90 Å². The van der Waals surface area contributed by atoms with Crippen LogP contribution in [-0.4, -0.2) is 28.2 Å². The van der Waals surface area contributed by atoms with Crippen LogP contribution in [0.15, 0.2) is 46.7 Å². The molecule has 0 aliphatic carbocycles. The van der Waals surface area contributed by atoms with Crippen LogP contribution in [-0.2, 0) is 4.79 Å². The topological polar surface area (TPSA) is 32.8 Å². The maximum absolute atomic E-state index is 12.3. The average Bonchev–Trinajstić information content (AvgIpc) is 3.09. The van der Waals surface area contributed by atoms with Gasteiger partial charge in [-0.05, 0) is 75.6 Å². The van der Waals surface area contributed by atoms with Gasteiger partial charge in [0, 0.05) is 13.1 Å². The highest BCUT2D eigenvalue weighted by Crippen LogP contribution is 2.40. The van der Waals surface area contributed by atoms with Gasteiger partial charge < -0.3 is 9.64 Å². The van der Waals surface area contributed by atoms with Crippen molar-refractivity contribution in [3.05, 3.63) is 57.8 Å². The lowest BCUT2D eigenvalue weighted by atomic mass is 10.1. The van der Waals surface area contributed by atoms with Crippen molar-refractivity contribution < 1.29 is 9.53 Å². The molecule has 4 nitrogen and oxygen atoms in total. The molecule has 1 amide bonds. The molecule has 0 radical (unpaired) electrons. The summed E-state index contributed by atoms with van der Waals surface area (Å²) >= 11 is 6.62. The predicted molar refractivity (Wildman–Crippen MR) is 117 cm³/mol. The van der Waals surface area contributed by atoms with Crippen molar-refractivity contribution in [3.63, 3.8) is 0 Å². The van der Waals surface area contributed by atoms with Crippen molar-refractivity contribution in [1.29, 1.82) is 0 Å². The molecule has 1 saturated heterocycles. The first kappa shape index (κ1) is 19.7. The van der Waals surface area contributed by atoms with E-state index in [1.54, 1.807) is 4.90 Å². The standard InChI is InChI=1S/C21H24N2O2S2/c1-6-22-16-11-14(4)15(5)12-17(16)25-19(22)9-8-13(3)10-18-20(24)23(7-2)21(26)27-18/h8-12H,6-7H2,1-5H3/b13-8+,18-10+,19-9-. The predicted octanol–water partition coefficient (Wildman–Crippen LogP) is 5.07. The summed E-state index contributed by atoms with van der Waals surface area (Å²) in [4.78, 5) is 16.8. The highest BCUT2D eigenvalue weighted by Gasteiger charge is 2.30. The maximum Gasteiger partial charge on any atom is 0.266 e. The third kappa shape index (κ3) is 3.82. The van der Waals surface area contributed by atoms with Crippen LogP contribution < -0.4 is 9.64 Å². The van der Waals surface area contributed by atoms with E-state index in [9.17, 15) is 4.79 Å². The number of ether oxygens (including phenoxy) is 1. The van der Waals surface area contributed by atoms with Crippen molar-refractivity contribution >= 4 is 39.9 Å². The Morgan fingerprint density at radius 1 is 1.19 bits per heavy atom. The van der Waals surface area contributed by atoms with Gasteiger partial charge in [-0.15, -0.1) is 0 Å². The van der Waals surface area contributed by atoms with E-state index < -0.39 is 0 Å². The van der Waals surface area contributed by atoms with Gasteiger partial charge >= 0.3 is 0 Å². The summed E-state index contributed by atoms with van der Waals surface area (Å²) in [6.07, 6.45) is 5.82. The monoisotopic (exact) mass is 400 g/mol. The first-order valence-electron chi connectivity index (χ1n) is 9.06. The molecule has 1 fully saturated rings. The van der Waals surface area contributed by atoms with E-state index in [4.69, 9.17) is 17.0 Å². The molecule has 1 aromatic carbocycles. The van der Waals surface area contributed by atoms with Gasteiger partial charge in [-0.1, -0.05) is 30.1 Å². The molecular weight excluding hydrogens is 376 g/mol. The van der Waals surface area contributed by atoms with Crippen molar-refractivity contribution in [2.75, 3.05) is 18.0 Å². The van der Waals surface area contributed by atoms with Gasteiger partial charge in [0.15, 0.2) is 5.75 Å². The Labute approximate surface area is 170 Å². The zero-order chi connectivity index (χ0) is 19.7. The van der Waals surface area contributed by atoms with Crippen LogP contribution in [0, 0.1) is 13.8 Å². The second kappa shape index (κ2) is 7.90. The van der Waals surface area contributed by atoms with E-state index in [1.807, 2.05) is 32.1 Å². The lowest BCUT2D eigenvalue weighted by Crippen LogP contribution is -2.27. The third-order valence-electron chi connectivity index (χ3n) is 4.70. The van der Waals surface area contributed by atoms with Crippen LogP contribution in [0.1, 0.15) is 31.9 Å². The van der Waals surface area contributed by atoms with Gasteiger partial charge in [0.05, 0.1) is 10.6 Å². The van der Waals surface area contributed by atoms with Gasteiger partial charge in [0.2, 0.25) is 5.88 Å². The van der Waals surface area contributed by atoms with Crippen LogP contribution in [0.2, 0.25) is 0 Å². The van der Waals surface area contributed by atoms with Gasteiger partial charge in [-0.2, -0.15) is 0 Å². The van der Waals surface area contributed by atoms with E-state index in [-0.39, 0.29) is 5.91 Å². The summed E-state index contributed by atoms with van der Waals surface area (Å²) in [6, 6.07) is 4.25. The Hall–Kier alpha value is -2.05. The molecule has 0 atom stereocenters. The summed E-state index contributed by atoms with van der Waals surface area (Å²) in [5.74, 6) is 1.67. The van der Waals surface area contributed by atoms with Crippen LogP contribution >= 0.6 is 24.0 Å². The number of hydrogen-bond acceptors (Lipinski definition) is 5. The van der Waals surface area contributed by atoms with Crippen LogP contribution in [0.5, 0.6) is 5.75 Å². The van der Waals surface area contributed by atoms with E-state index in [0.717, 1.165) is 29.4 Å². The minimum Gasteiger partial charge on any atom is -0.439 e. The molecule has 0 bridgehead atoms. The molecule has 0 spiro atoms. The second-order valence-electron chi connectivity index (χ2n) is 6.59. The number of rotatable bonds is 4. The molecule has 2 aliphatic heterocycles. The average molecular weight is 401 g/mol.